The lowest BCUT2D eigenvalue weighted by Crippen LogP contribution is -2.10. The lowest BCUT2D eigenvalue weighted by atomic mass is 9.97. The fraction of sp³-hybridized carbons (Fsp3) is 0.0698. The van der Waals surface area contributed by atoms with Crippen LogP contribution in [0.5, 0.6) is 0 Å². The van der Waals surface area contributed by atoms with Crippen LogP contribution in [0.3, 0.4) is 0 Å². The van der Waals surface area contributed by atoms with Crippen molar-refractivity contribution in [3.63, 3.8) is 0 Å². The topological polar surface area (TPSA) is 3.24 Å². The van der Waals surface area contributed by atoms with Crippen molar-refractivity contribution < 1.29 is 35.1 Å². The second-order valence-corrected chi connectivity index (χ2v) is 12.1. The number of nitrogens with zero attached hydrogens (tertiary/aromatic N) is 1. The molecule has 0 radical (unpaired) electrons. The summed E-state index contributed by atoms with van der Waals surface area (Å²) in [6.45, 7) is 3.30. The number of fused-ring (bicyclic) bond motifs is 1. The molecular formula is C43H29F8N. The minimum Gasteiger partial charge on any atom is -0.311 e. The Kier molecular flexibility index (Phi) is 10.1. The van der Waals surface area contributed by atoms with Crippen LogP contribution < -0.4 is 4.90 Å². The summed E-state index contributed by atoms with van der Waals surface area (Å²) in [6.07, 6.45) is -0.553. The van der Waals surface area contributed by atoms with E-state index in [0.717, 1.165) is 21.9 Å². The molecule has 6 aromatic rings. The fourth-order valence-corrected chi connectivity index (χ4v) is 6.09. The van der Waals surface area contributed by atoms with Crippen LogP contribution in [0.1, 0.15) is 23.6 Å². The van der Waals surface area contributed by atoms with Gasteiger partial charge in [0.1, 0.15) is 18.0 Å². The Bertz CT molecular complexity index is 2350. The van der Waals surface area contributed by atoms with Gasteiger partial charge in [-0.25, -0.2) is 35.1 Å². The third-order valence-corrected chi connectivity index (χ3v) is 8.96. The highest BCUT2D eigenvalue weighted by Crippen LogP contribution is 2.41. The van der Waals surface area contributed by atoms with Gasteiger partial charge in [-0.05, 0) is 101 Å². The van der Waals surface area contributed by atoms with Gasteiger partial charge >= 0.3 is 0 Å². The van der Waals surface area contributed by atoms with Crippen LogP contribution in [0.4, 0.5) is 52.2 Å². The maximum Gasteiger partial charge on any atom is 0.190 e. The molecule has 0 saturated carbocycles. The van der Waals surface area contributed by atoms with Crippen LogP contribution in [0.15, 0.2) is 145 Å². The van der Waals surface area contributed by atoms with Crippen LogP contribution >= 0.6 is 0 Å². The molecule has 0 aliphatic heterocycles. The summed E-state index contributed by atoms with van der Waals surface area (Å²) in [4.78, 5) is 1.72. The largest absolute Gasteiger partial charge is 0.311 e. The Morgan fingerprint density at radius 3 is 1.65 bits per heavy atom. The lowest BCUT2D eigenvalue weighted by Gasteiger charge is -2.26. The molecule has 6 aromatic carbocycles. The van der Waals surface area contributed by atoms with Crippen LogP contribution in [0.25, 0.3) is 38.6 Å². The predicted molar refractivity (Wildman–Crippen MR) is 192 cm³/mol. The Hall–Kier alpha value is -5.96. The molecule has 9 heteroatoms. The molecule has 0 heterocycles. The molecule has 0 amide bonds. The highest BCUT2D eigenvalue weighted by molar-refractivity contribution is 5.97. The molecule has 0 aliphatic rings. The van der Waals surface area contributed by atoms with Crippen molar-refractivity contribution in [1.82, 2.24) is 0 Å². The Labute approximate surface area is 295 Å². The fourth-order valence-electron chi connectivity index (χ4n) is 6.09. The molecule has 6 rings (SSSR count). The third kappa shape index (κ3) is 6.62. The van der Waals surface area contributed by atoms with Crippen LogP contribution in [-0.2, 0) is 0 Å². The molecule has 262 valence electrons. The molecule has 1 nitrogen and oxygen atoms in total. The highest BCUT2D eigenvalue weighted by atomic mass is 19.2. The van der Waals surface area contributed by atoms with E-state index in [0.29, 0.717) is 24.0 Å². The van der Waals surface area contributed by atoms with E-state index in [2.05, 4.69) is 0 Å². The van der Waals surface area contributed by atoms with Gasteiger partial charge in [0.2, 0.25) is 0 Å². The average molecular weight is 712 g/mol. The zero-order chi connectivity index (χ0) is 37.3. The van der Waals surface area contributed by atoms with Gasteiger partial charge in [-0.3, -0.25) is 0 Å². The minimum atomic E-state index is -1.97. The maximum atomic E-state index is 15.2. The summed E-state index contributed by atoms with van der Waals surface area (Å²) in [5.41, 5.74) is 1.38. The number of allylic oxidation sites excluding steroid dienone is 5. The summed E-state index contributed by atoms with van der Waals surface area (Å²) in [5.74, 6) is -10.5. The van der Waals surface area contributed by atoms with Crippen molar-refractivity contribution in [3.8, 4) is 22.3 Å². The lowest BCUT2D eigenvalue weighted by molar-refractivity contribution is 0.490. The first kappa shape index (κ1) is 35.9. The number of hydrogen-bond acceptors (Lipinski definition) is 1. The zero-order valence-electron chi connectivity index (χ0n) is 28.0. The van der Waals surface area contributed by atoms with Crippen molar-refractivity contribution in [2.75, 3.05) is 4.90 Å². The van der Waals surface area contributed by atoms with Gasteiger partial charge in [0.15, 0.2) is 29.1 Å². The Morgan fingerprint density at radius 2 is 1.08 bits per heavy atom. The number of rotatable bonds is 8. The second kappa shape index (κ2) is 14.7. The SMILES string of the molecule is C\C(F)=C(F)/C(F)=C(\C(F)=C\F)c1ccc(N(c2ccc(-c3c(F)c(C)c(C)c(F)c3F)cc2)c2ccc(-c3cccc4ccccc34)cc2)cc1. The Balaban J connectivity index is 1.47. The summed E-state index contributed by atoms with van der Waals surface area (Å²) in [6, 6.07) is 32.6. The number of halogens is 8. The number of hydrogen-bond donors (Lipinski definition) is 0. The zero-order valence-corrected chi connectivity index (χ0v) is 28.0. The van der Waals surface area contributed by atoms with E-state index in [1.807, 2.05) is 66.7 Å². The maximum absolute atomic E-state index is 15.2. The van der Waals surface area contributed by atoms with Gasteiger partial charge in [0.05, 0.1) is 11.1 Å². The van der Waals surface area contributed by atoms with Crippen molar-refractivity contribution in [1.29, 1.82) is 0 Å². The van der Waals surface area contributed by atoms with E-state index in [4.69, 9.17) is 0 Å². The first-order valence-corrected chi connectivity index (χ1v) is 16.0. The van der Waals surface area contributed by atoms with E-state index in [-0.39, 0.29) is 22.3 Å². The normalized spacial score (nSPS) is 12.9. The van der Waals surface area contributed by atoms with Gasteiger partial charge in [-0.15, -0.1) is 0 Å². The number of benzene rings is 6. The van der Waals surface area contributed by atoms with Crippen molar-refractivity contribution >= 4 is 33.4 Å². The predicted octanol–water partition coefficient (Wildman–Crippen LogP) is 14.3. The van der Waals surface area contributed by atoms with Crippen LogP contribution in [0, 0.1) is 31.3 Å². The molecule has 0 aliphatic carbocycles. The molecule has 0 atom stereocenters. The molecule has 0 saturated heterocycles. The van der Waals surface area contributed by atoms with Gasteiger partial charge < -0.3 is 4.90 Å². The molecule has 0 unspecified atom stereocenters. The quantitative estimate of drug-likeness (QED) is 0.0863. The van der Waals surface area contributed by atoms with Crippen LogP contribution in [0.2, 0.25) is 0 Å². The highest BCUT2D eigenvalue weighted by Gasteiger charge is 2.24. The number of anilines is 3. The minimum absolute atomic E-state index is 0.0214. The molecule has 0 fully saturated rings. The summed E-state index contributed by atoms with van der Waals surface area (Å²) >= 11 is 0. The summed E-state index contributed by atoms with van der Waals surface area (Å²) < 4.78 is 115. The smallest absolute Gasteiger partial charge is 0.190 e. The molecule has 0 aromatic heterocycles. The van der Waals surface area contributed by atoms with Gasteiger partial charge in [-0.2, -0.15) is 0 Å². The van der Waals surface area contributed by atoms with E-state index in [1.54, 1.807) is 17.0 Å². The van der Waals surface area contributed by atoms with Crippen LogP contribution in [-0.4, -0.2) is 0 Å². The van der Waals surface area contributed by atoms with Gasteiger partial charge in [0, 0.05) is 17.1 Å². The van der Waals surface area contributed by atoms with E-state index < -0.39 is 58.2 Å². The third-order valence-electron chi connectivity index (χ3n) is 8.96. The van der Waals surface area contributed by atoms with Crippen molar-refractivity contribution in [2.24, 2.45) is 0 Å². The summed E-state index contributed by atoms with van der Waals surface area (Å²) in [5, 5.41) is 2.10. The molecule has 0 bridgehead atoms. The van der Waals surface area contributed by atoms with E-state index in [1.165, 1.54) is 50.2 Å². The first-order chi connectivity index (χ1) is 24.9. The van der Waals surface area contributed by atoms with Gasteiger partial charge in [-0.1, -0.05) is 78.9 Å². The van der Waals surface area contributed by atoms with Crippen molar-refractivity contribution in [2.45, 2.75) is 20.8 Å². The molecule has 52 heavy (non-hydrogen) atoms. The van der Waals surface area contributed by atoms with Crippen molar-refractivity contribution in [3.05, 3.63) is 179 Å². The van der Waals surface area contributed by atoms with Gasteiger partial charge in [0.25, 0.3) is 0 Å². The second-order valence-electron chi connectivity index (χ2n) is 12.1. The molecule has 0 spiro atoms. The first-order valence-electron chi connectivity index (χ1n) is 16.0. The van der Waals surface area contributed by atoms with E-state index >= 15 is 8.78 Å². The standard InChI is InChI=1S/C43H29F8N/c1-24-25(2)40(48)43(51)38(39(24)47)30-15-21-33(22-16-30)52(31-17-11-28(12-18-31)35-10-6-8-27-7-4-5-9-34(27)35)32-19-13-29(14-20-32)37(36(46)23-44)42(50)41(49)26(3)45/h4-23H,1-3H3/b36-23-,41-26-,42-37+. The molecule has 0 N–H and O–H groups in total. The summed E-state index contributed by atoms with van der Waals surface area (Å²) in [7, 11) is 0. The molecular weight excluding hydrogens is 682 g/mol. The Morgan fingerprint density at radius 1 is 0.558 bits per heavy atom. The monoisotopic (exact) mass is 711 g/mol. The van der Waals surface area contributed by atoms with E-state index in [9.17, 15) is 26.3 Å². The average Bonchev–Trinajstić information content (AvgIpc) is 3.17.